The van der Waals surface area contributed by atoms with Crippen molar-refractivity contribution >= 4 is 5.91 Å². The quantitative estimate of drug-likeness (QED) is 0.739. The van der Waals surface area contributed by atoms with Crippen LogP contribution in [0.3, 0.4) is 0 Å². The minimum atomic E-state index is -0.170. The second-order valence-electron chi connectivity index (χ2n) is 6.79. The van der Waals surface area contributed by atoms with Gasteiger partial charge in [-0.3, -0.25) is 9.78 Å². The Hall–Kier alpha value is -3.34. The van der Waals surface area contributed by atoms with E-state index in [0.717, 1.165) is 28.3 Å². The van der Waals surface area contributed by atoms with Crippen molar-refractivity contribution in [2.75, 3.05) is 13.2 Å². The Bertz CT molecular complexity index is 1000. The summed E-state index contributed by atoms with van der Waals surface area (Å²) in [5.41, 5.74) is 4.12. The molecule has 0 radical (unpaired) electrons. The zero-order chi connectivity index (χ0) is 19.5. The highest BCUT2D eigenvalue weighted by Gasteiger charge is 2.18. The molecule has 1 atom stereocenters. The predicted octanol–water partition coefficient (Wildman–Crippen LogP) is 4.32. The van der Waals surface area contributed by atoms with Crippen LogP contribution in [0.1, 0.15) is 34.6 Å². The van der Waals surface area contributed by atoms with Gasteiger partial charge < -0.3 is 14.8 Å². The minimum absolute atomic E-state index is 0.146. The van der Waals surface area contributed by atoms with E-state index in [1.807, 2.05) is 74.5 Å². The predicted molar refractivity (Wildman–Crippen MR) is 108 cm³/mol. The number of hydrogen-bond acceptors (Lipinski definition) is 4. The molecule has 1 aliphatic rings. The number of carbonyl (C=O) groups is 1. The highest BCUT2D eigenvalue weighted by atomic mass is 16.6. The molecule has 0 bridgehead atoms. The van der Waals surface area contributed by atoms with Crippen LogP contribution in [-0.2, 0) is 0 Å². The number of carbonyl (C=O) groups excluding carboxylic acids is 1. The number of benzene rings is 2. The molecule has 2 aromatic carbocycles. The van der Waals surface area contributed by atoms with E-state index in [9.17, 15) is 4.79 Å². The van der Waals surface area contributed by atoms with Crippen LogP contribution < -0.4 is 14.8 Å². The lowest BCUT2D eigenvalue weighted by Crippen LogP contribution is -2.27. The fraction of sp³-hybridized carbons (Fsp3) is 0.217. The average Bonchev–Trinajstić information content (AvgIpc) is 2.73. The van der Waals surface area contributed by atoms with Crippen LogP contribution >= 0.6 is 0 Å². The number of aryl methyl sites for hydroxylation is 1. The summed E-state index contributed by atoms with van der Waals surface area (Å²) in [5, 5.41) is 3.04. The fourth-order valence-corrected chi connectivity index (χ4v) is 3.26. The number of rotatable bonds is 4. The number of nitrogens with one attached hydrogen (secondary N) is 1. The molecule has 1 aromatic heterocycles. The first kappa shape index (κ1) is 18.0. The van der Waals surface area contributed by atoms with E-state index in [2.05, 4.69) is 10.3 Å². The van der Waals surface area contributed by atoms with E-state index in [1.54, 1.807) is 0 Å². The van der Waals surface area contributed by atoms with Crippen LogP contribution in [0.15, 0.2) is 60.7 Å². The van der Waals surface area contributed by atoms with Gasteiger partial charge in [0.15, 0.2) is 11.5 Å². The molecular formula is C23H22N2O3. The Morgan fingerprint density at radius 1 is 1.00 bits per heavy atom. The van der Waals surface area contributed by atoms with E-state index in [4.69, 9.17) is 9.47 Å². The van der Waals surface area contributed by atoms with Crippen LogP contribution in [-0.4, -0.2) is 24.1 Å². The molecule has 0 aliphatic carbocycles. The molecule has 142 valence electrons. The molecule has 0 fully saturated rings. The van der Waals surface area contributed by atoms with Crippen molar-refractivity contribution in [3.8, 4) is 22.8 Å². The van der Waals surface area contributed by atoms with Crippen LogP contribution in [0.2, 0.25) is 0 Å². The largest absolute Gasteiger partial charge is 0.486 e. The smallest absolute Gasteiger partial charge is 0.253 e. The van der Waals surface area contributed by atoms with Crippen molar-refractivity contribution in [1.82, 2.24) is 10.3 Å². The summed E-state index contributed by atoms with van der Waals surface area (Å²) in [6.45, 7) is 4.90. The van der Waals surface area contributed by atoms with Gasteiger partial charge in [0.25, 0.3) is 5.91 Å². The van der Waals surface area contributed by atoms with Crippen LogP contribution in [0.4, 0.5) is 0 Å². The number of amides is 1. The van der Waals surface area contributed by atoms with Gasteiger partial charge in [0.2, 0.25) is 0 Å². The summed E-state index contributed by atoms with van der Waals surface area (Å²) in [6, 6.07) is 19.2. The van der Waals surface area contributed by atoms with Gasteiger partial charge in [-0.15, -0.1) is 0 Å². The molecule has 1 aliphatic heterocycles. The van der Waals surface area contributed by atoms with Gasteiger partial charge in [0.05, 0.1) is 23.0 Å². The lowest BCUT2D eigenvalue weighted by molar-refractivity contribution is 0.0938. The van der Waals surface area contributed by atoms with Gasteiger partial charge >= 0.3 is 0 Å². The van der Waals surface area contributed by atoms with Gasteiger partial charge in [-0.05, 0) is 43.7 Å². The summed E-state index contributed by atoms with van der Waals surface area (Å²) < 4.78 is 11.2. The average molecular weight is 374 g/mol. The highest BCUT2D eigenvalue weighted by Crippen LogP contribution is 2.32. The molecule has 0 saturated heterocycles. The first-order valence-electron chi connectivity index (χ1n) is 9.35. The van der Waals surface area contributed by atoms with E-state index in [1.165, 1.54) is 0 Å². The Morgan fingerprint density at radius 2 is 1.75 bits per heavy atom. The third-order valence-corrected chi connectivity index (χ3v) is 4.81. The maximum Gasteiger partial charge on any atom is 0.253 e. The molecule has 1 unspecified atom stereocenters. The summed E-state index contributed by atoms with van der Waals surface area (Å²) in [6.07, 6.45) is 0. The Kier molecular flexibility index (Phi) is 4.98. The maximum absolute atomic E-state index is 12.8. The van der Waals surface area contributed by atoms with E-state index in [0.29, 0.717) is 24.5 Å². The Labute approximate surface area is 164 Å². The third kappa shape index (κ3) is 3.69. The monoisotopic (exact) mass is 374 g/mol. The molecule has 5 heteroatoms. The number of nitrogens with zero attached hydrogens (tertiary/aromatic N) is 1. The first-order chi connectivity index (χ1) is 13.6. The number of pyridine rings is 1. The van der Waals surface area contributed by atoms with Crippen molar-refractivity contribution in [3.05, 3.63) is 77.5 Å². The van der Waals surface area contributed by atoms with Crippen LogP contribution in [0, 0.1) is 6.92 Å². The van der Waals surface area contributed by atoms with Crippen molar-refractivity contribution in [1.29, 1.82) is 0 Å². The lowest BCUT2D eigenvalue weighted by Gasteiger charge is -2.21. The second-order valence-corrected chi connectivity index (χ2v) is 6.79. The third-order valence-electron chi connectivity index (χ3n) is 4.81. The Morgan fingerprint density at radius 3 is 2.50 bits per heavy atom. The summed E-state index contributed by atoms with van der Waals surface area (Å²) >= 11 is 0. The van der Waals surface area contributed by atoms with Gasteiger partial charge in [0, 0.05) is 5.56 Å². The maximum atomic E-state index is 12.8. The van der Waals surface area contributed by atoms with Gasteiger partial charge in [0.1, 0.15) is 13.2 Å². The summed E-state index contributed by atoms with van der Waals surface area (Å²) in [5.74, 6) is 1.31. The first-order valence-corrected chi connectivity index (χ1v) is 9.35. The molecule has 4 rings (SSSR count). The minimum Gasteiger partial charge on any atom is -0.486 e. The molecular weight excluding hydrogens is 352 g/mol. The molecule has 1 amide bonds. The second kappa shape index (κ2) is 7.72. The molecule has 2 heterocycles. The van der Waals surface area contributed by atoms with E-state index in [-0.39, 0.29) is 11.9 Å². The number of ether oxygens (including phenoxy) is 2. The van der Waals surface area contributed by atoms with Crippen molar-refractivity contribution < 1.29 is 14.3 Å². The molecule has 1 N–H and O–H groups in total. The van der Waals surface area contributed by atoms with Gasteiger partial charge in [-0.25, -0.2) is 0 Å². The zero-order valence-electron chi connectivity index (χ0n) is 15.9. The normalized spacial score (nSPS) is 13.6. The molecule has 0 spiro atoms. The Balaban J connectivity index is 1.50. The number of aromatic nitrogens is 1. The van der Waals surface area contributed by atoms with Crippen molar-refractivity contribution in [2.45, 2.75) is 19.9 Å². The van der Waals surface area contributed by atoms with E-state index >= 15 is 0 Å². The van der Waals surface area contributed by atoms with Gasteiger partial charge in [-0.2, -0.15) is 0 Å². The zero-order valence-corrected chi connectivity index (χ0v) is 15.9. The highest BCUT2D eigenvalue weighted by molar-refractivity contribution is 5.95. The summed E-state index contributed by atoms with van der Waals surface area (Å²) in [7, 11) is 0. The molecule has 28 heavy (non-hydrogen) atoms. The van der Waals surface area contributed by atoms with Crippen molar-refractivity contribution in [3.63, 3.8) is 0 Å². The van der Waals surface area contributed by atoms with E-state index < -0.39 is 0 Å². The van der Waals surface area contributed by atoms with Crippen LogP contribution in [0.5, 0.6) is 11.5 Å². The standard InChI is InChI=1S/C23H22N2O3/c1-15(18-8-11-21-22(14-18)28-13-12-27-21)25-23(26)19-9-10-20(24-16(19)2)17-6-4-3-5-7-17/h3-11,14-15H,12-13H2,1-2H3,(H,25,26). The van der Waals surface area contributed by atoms with Crippen LogP contribution in [0.25, 0.3) is 11.3 Å². The molecule has 0 saturated carbocycles. The molecule has 5 nitrogen and oxygen atoms in total. The number of fused-ring (bicyclic) bond motifs is 1. The number of hydrogen-bond donors (Lipinski definition) is 1. The van der Waals surface area contributed by atoms with Crippen molar-refractivity contribution in [2.24, 2.45) is 0 Å². The van der Waals surface area contributed by atoms with Gasteiger partial charge in [-0.1, -0.05) is 36.4 Å². The SMILES string of the molecule is Cc1nc(-c2ccccc2)ccc1C(=O)NC(C)c1ccc2c(c1)OCCO2. The fourth-order valence-electron chi connectivity index (χ4n) is 3.26. The summed E-state index contributed by atoms with van der Waals surface area (Å²) in [4.78, 5) is 17.4. The topological polar surface area (TPSA) is 60.5 Å². The lowest BCUT2D eigenvalue weighted by atomic mass is 10.1. The molecule has 3 aromatic rings.